The van der Waals surface area contributed by atoms with E-state index in [0.717, 1.165) is 24.1 Å². The minimum Gasteiger partial charge on any atom is -0.277 e. The van der Waals surface area contributed by atoms with Crippen LogP contribution in [0.1, 0.15) is 31.7 Å². The van der Waals surface area contributed by atoms with Crippen molar-refractivity contribution in [3.05, 3.63) is 29.8 Å². The van der Waals surface area contributed by atoms with Gasteiger partial charge in [0.15, 0.2) is 0 Å². The molecule has 0 bridgehead atoms. The average Bonchev–Trinajstić information content (AvgIpc) is 3.41. The van der Waals surface area contributed by atoms with Crippen molar-refractivity contribution in [2.24, 2.45) is 16.1 Å². The van der Waals surface area contributed by atoms with Crippen molar-refractivity contribution in [2.75, 3.05) is 5.43 Å². The standard InChI is InChI=1S/C17H16N6O/c1-11-8-16(24)23(15-6-7-15)22-17(11)12-2-4-13(5-3-12)20-21-14(9-18)10-19/h2-5,11,15,20H,6-8H2,1H3. The van der Waals surface area contributed by atoms with Crippen LogP contribution in [-0.4, -0.2) is 28.4 Å². The van der Waals surface area contributed by atoms with E-state index in [-0.39, 0.29) is 23.6 Å². The minimum atomic E-state index is -0.233. The SMILES string of the molecule is CC1CC(=O)N(C2CC2)N=C1c1ccc(NN=C(C#N)C#N)cc1. The van der Waals surface area contributed by atoms with Gasteiger partial charge in [0.2, 0.25) is 11.6 Å². The zero-order valence-corrected chi connectivity index (χ0v) is 13.2. The first kappa shape index (κ1) is 15.7. The summed E-state index contributed by atoms with van der Waals surface area (Å²) in [6, 6.07) is 11.0. The number of hydrogen-bond donors (Lipinski definition) is 1. The smallest absolute Gasteiger partial charge is 0.243 e. The number of nitriles is 2. The van der Waals surface area contributed by atoms with Crippen molar-refractivity contribution >= 4 is 23.0 Å². The molecule has 1 amide bonds. The first-order valence-electron chi connectivity index (χ1n) is 7.77. The normalized spacial score (nSPS) is 19.8. The van der Waals surface area contributed by atoms with Gasteiger partial charge < -0.3 is 0 Å². The molecule has 1 saturated carbocycles. The number of hydrazone groups is 2. The Bertz CT molecular complexity index is 776. The molecule has 1 aliphatic carbocycles. The molecule has 1 atom stereocenters. The summed E-state index contributed by atoms with van der Waals surface area (Å²) in [6.07, 6.45) is 2.53. The van der Waals surface area contributed by atoms with E-state index in [9.17, 15) is 4.79 Å². The van der Waals surface area contributed by atoms with E-state index >= 15 is 0 Å². The van der Waals surface area contributed by atoms with Crippen LogP contribution in [0.25, 0.3) is 0 Å². The van der Waals surface area contributed by atoms with Crippen LogP contribution in [0.3, 0.4) is 0 Å². The summed E-state index contributed by atoms with van der Waals surface area (Å²) < 4.78 is 0. The van der Waals surface area contributed by atoms with Crippen LogP contribution in [0, 0.1) is 28.6 Å². The maximum atomic E-state index is 12.1. The summed E-state index contributed by atoms with van der Waals surface area (Å²) in [5.74, 6) is 0.176. The van der Waals surface area contributed by atoms with Crippen molar-refractivity contribution < 1.29 is 4.79 Å². The molecule has 1 heterocycles. The first-order chi connectivity index (χ1) is 11.6. The van der Waals surface area contributed by atoms with E-state index in [4.69, 9.17) is 10.5 Å². The molecule has 24 heavy (non-hydrogen) atoms. The molecule has 7 nitrogen and oxygen atoms in total. The van der Waals surface area contributed by atoms with Gasteiger partial charge in [0.05, 0.1) is 17.4 Å². The highest BCUT2D eigenvalue weighted by Crippen LogP contribution is 2.32. The maximum absolute atomic E-state index is 12.1. The fraction of sp³-hybridized carbons (Fsp3) is 0.353. The Kier molecular flexibility index (Phi) is 4.26. The third-order valence-electron chi connectivity index (χ3n) is 4.00. The van der Waals surface area contributed by atoms with E-state index in [1.165, 1.54) is 0 Å². The van der Waals surface area contributed by atoms with Gasteiger partial charge in [-0.1, -0.05) is 19.1 Å². The monoisotopic (exact) mass is 320 g/mol. The Morgan fingerprint density at radius 3 is 2.54 bits per heavy atom. The summed E-state index contributed by atoms with van der Waals surface area (Å²) >= 11 is 0. The predicted octanol–water partition coefficient (Wildman–Crippen LogP) is 2.24. The van der Waals surface area contributed by atoms with Crippen LogP contribution >= 0.6 is 0 Å². The molecule has 1 unspecified atom stereocenters. The number of amides is 1. The van der Waals surface area contributed by atoms with E-state index in [1.807, 2.05) is 19.1 Å². The van der Waals surface area contributed by atoms with Crippen molar-refractivity contribution in [1.29, 1.82) is 10.5 Å². The minimum absolute atomic E-state index is 0.0770. The molecular formula is C17H16N6O. The summed E-state index contributed by atoms with van der Waals surface area (Å²) in [6.45, 7) is 2.00. The van der Waals surface area contributed by atoms with Crippen LogP contribution in [0.4, 0.5) is 5.69 Å². The van der Waals surface area contributed by atoms with Gasteiger partial charge in [0, 0.05) is 12.3 Å². The lowest BCUT2D eigenvalue weighted by atomic mass is 9.93. The first-order valence-corrected chi connectivity index (χ1v) is 7.77. The van der Waals surface area contributed by atoms with Gasteiger partial charge >= 0.3 is 0 Å². The Morgan fingerprint density at radius 1 is 1.29 bits per heavy atom. The van der Waals surface area contributed by atoms with Crippen LogP contribution in [0.15, 0.2) is 34.5 Å². The number of nitrogens with one attached hydrogen (secondary N) is 1. The lowest BCUT2D eigenvalue weighted by molar-refractivity contribution is -0.133. The third kappa shape index (κ3) is 3.26. The highest BCUT2D eigenvalue weighted by molar-refractivity contribution is 6.10. The molecule has 1 aliphatic heterocycles. The lowest BCUT2D eigenvalue weighted by Gasteiger charge is -2.27. The number of carbonyl (C=O) groups is 1. The number of hydrogen-bond acceptors (Lipinski definition) is 6. The molecule has 1 aromatic carbocycles. The van der Waals surface area contributed by atoms with Crippen LogP contribution < -0.4 is 5.43 Å². The van der Waals surface area contributed by atoms with Crippen molar-refractivity contribution in [3.8, 4) is 12.1 Å². The highest BCUT2D eigenvalue weighted by atomic mass is 16.2. The van der Waals surface area contributed by atoms with E-state index < -0.39 is 0 Å². The van der Waals surface area contributed by atoms with E-state index in [1.54, 1.807) is 29.3 Å². The number of benzene rings is 1. The molecule has 0 aromatic heterocycles. The van der Waals surface area contributed by atoms with Gasteiger partial charge in [-0.2, -0.15) is 20.7 Å². The van der Waals surface area contributed by atoms with Crippen molar-refractivity contribution in [1.82, 2.24) is 5.01 Å². The van der Waals surface area contributed by atoms with Gasteiger partial charge in [0.1, 0.15) is 12.1 Å². The fourth-order valence-corrected chi connectivity index (χ4v) is 2.58. The molecule has 120 valence electrons. The zero-order chi connectivity index (χ0) is 17.1. The molecule has 1 aromatic rings. The number of nitrogens with zero attached hydrogens (tertiary/aromatic N) is 5. The molecule has 1 N–H and O–H groups in total. The second-order valence-electron chi connectivity index (χ2n) is 5.93. The Morgan fingerprint density at radius 2 is 1.96 bits per heavy atom. The van der Waals surface area contributed by atoms with Crippen LogP contribution in [0.2, 0.25) is 0 Å². The van der Waals surface area contributed by atoms with Gasteiger partial charge in [-0.25, -0.2) is 5.01 Å². The molecule has 7 heteroatoms. The Balaban J connectivity index is 1.79. The Labute approximate surface area is 139 Å². The summed E-state index contributed by atoms with van der Waals surface area (Å²) in [4.78, 5) is 12.1. The van der Waals surface area contributed by atoms with Gasteiger partial charge in [0.25, 0.3) is 0 Å². The second kappa shape index (κ2) is 6.51. The molecule has 0 spiro atoms. The van der Waals surface area contributed by atoms with Crippen LogP contribution in [0.5, 0.6) is 0 Å². The average molecular weight is 320 g/mol. The van der Waals surface area contributed by atoms with Crippen LogP contribution in [-0.2, 0) is 4.79 Å². The molecule has 2 aliphatic rings. The van der Waals surface area contributed by atoms with Gasteiger partial charge in [-0.15, -0.1) is 0 Å². The number of anilines is 1. The summed E-state index contributed by atoms with van der Waals surface area (Å²) in [5.41, 5.74) is 4.97. The third-order valence-corrected chi connectivity index (χ3v) is 4.00. The molecular weight excluding hydrogens is 304 g/mol. The quantitative estimate of drug-likeness (QED) is 0.678. The molecule has 0 radical (unpaired) electrons. The molecule has 1 fully saturated rings. The Hall–Kier alpha value is -3.19. The molecule has 0 saturated heterocycles. The topological polar surface area (TPSA) is 105 Å². The van der Waals surface area contributed by atoms with Crippen molar-refractivity contribution in [2.45, 2.75) is 32.2 Å². The van der Waals surface area contributed by atoms with Gasteiger partial charge in [-0.3, -0.25) is 10.2 Å². The highest BCUT2D eigenvalue weighted by Gasteiger charge is 2.37. The number of rotatable bonds is 4. The second-order valence-corrected chi connectivity index (χ2v) is 5.93. The maximum Gasteiger partial charge on any atom is 0.243 e. The molecule has 3 rings (SSSR count). The predicted molar refractivity (Wildman–Crippen MR) is 88.9 cm³/mol. The summed E-state index contributed by atoms with van der Waals surface area (Å²) in [5, 5.41) is 27.2. The fourth-order valence-electron chi connectivity index (χ4n) is 2.58. The number of carbonyl (C=O) groups excluding carboxylic acids is 1. The van der Waals surface area contributed by atoms with Gasteiger partial charge in [-0.05, 0) is 30.5 Å². The van der Waals surface area contributed by atoms with Crippen molar-refractivity contribution in [3.63, 3.8) is 0 Å². The zero-order valence-electron chi connectivity index (χ0n) is 13.2. The summed E-state index contributed by atoms with van der Waals surface area (Å²) in [7, 11) is 0. The van der Waals surface area contributed by atoms with E-state index in [0.29, 0.717) is 12.1 Å². The largest absolute Gasteiger partial charge is 0.277 e. The lowest BCUT2D eigenvalue weighted by Crippen LogP contribution is -2.37. The van der Waals surface area contributed by atoms with E-state index in [2.05, 4.69) is 15.6 Å².